The third-order valence-corrected chi connectivity index (χ3v) is 4.55. The van der Waals surface area contributed by atoms with Crippen LogP contribution in [-0.4, -0.2) is 36.0 Å². The van der Waals surface area contributed by atoms with E-state index in [1.165, 1.54) is 0 Å². The lowest BCUT2D eigenvalue weighted by Gasteiger charge is -2.32. The van der Waals surface area contributed by atoms with Gasteiger partial charge >= 0.3 is 6.03 Å². The number of nitrogens with zero attached hydrogens (tertiary/aromatic N) is 1. The minimum atomic E-state index is -0.0261. The van der Waals surface area contributed by atoms with Crippen molar-refractivity contribution in [3.63, 3.8) is 0 Å². The van der Waals surface area contributed by atoms with Crippen molar-refractivity contribution >= 4 is 17.6 Å². The number of amides is 3. The highest BCUT2D eigenvalue weighted by Gasteiger charge is 2.28. The largest absolute Gasteiger partial charge is 0.335 e. The number of piperidine rings is 1. The molecule has 1 aromatic rings. The van der Waals surface area contributed by atoms with E-state index in [1.54, 1.807) is 0 Å². The van der Waals surface area contributed by atoms with E-state index in [4.69, 9.17) is 0 Å². The first kappa shape index (κ1) is 17.3. The SMILES string of the molecule is CC(C)[C@H](C)NC(=O)N1CCC(C(=O)Nc2ccccc2)CC1. The van der Waals surface area contributed by atoms with Gasteiger partial charge in [0.2, 0.25) is 5.91 Å². The number of anilines is 1. The molecule has 0 radical (unpaired) electrons. The Morgan fingerprint density at radius 1 is 1.09 bits per heavy atom. The molecule has 0 saturated carbocycles. The summed E-state index contributed by atoms with van der Waals surface area (Å²) in [5, 5.41) is 5.96. The van der Waals surface area contributed by atoms with Gasteiger partial charge in [-0.05, 0) is 37.8 Å². The lowest BCUT2D eigenvalue weighted by atomic mass is 9.96. The summed E-state index contributed by atoms with van der Waals surface area (Å²) in [5.74, 6) is 0.432. The van der Waals surface area contributed by atoms with Gasteiger partial charge in [0.15, 0.2) is 0 Å². The molecule has 0 unspecified atom stereocenters. The van der Waals surface area contributed by atoms with Gasteiger partial charge in [-0.25, -0.2) is 4.79 Å². The van der Waals surface area contributed by atoms with Crippen LogP contribution in [0.4, 0.5) is 10.5 Å². The van der Waals surface area contributed by atoms with Crippen LogP contribution in [-0.2, 0) is 4.79 Å². The molecule has 1 aliphatic heterocycles. The van der Waals surface area contributed by atoms with Crippen LogP contribution < -0.4 is 10.6 Å². The molecule has 126 valence electrons. The topological polar surface area (TPSA) is 61.4 Å². The smallest absolute Gasteiger partial charge is 0.317 e. The standard InChI is InChI=1S/C18H27N3O2/c1-13(2)14(3)19-18(23)21-11-9-15(10-12-21)17(22)20-16-7-5-4-6-8-16/h4-8,13-15H,9-12H2,1-3H3,(H,19,23)(H,20,22)/t14-/m0/s1. The Kier molecular flexibility index (Phi) is 6.02. The van der Waals surface area contributed by atoms with Crippen molar-refractivity contribution < 1.29 is 9.59 Å². The van der Waals surface area contributed by atoms with E-state index in [2.05, 4.69) is 24.5 Å². The highest BCUT2D eigenvalue weighted by Crippen LogP contribution is 2.19. The van der Waals surface area contributed by atoms with Gasteiger partial charge in [0.25, 0.3) is 0 Å². The molecule has 1 atom stereocenters. The van der Waals surface area contributed by atoms with Gasteiger partial charge in [0.1, 0.15) is 0 Å². The second kappa shape index (κ2) is 7.99. The van der Waals surface area contributed by atoms with E-state index in [1.807, 2.05) is 42.2 Å². The van der Waals surface area contributed by atoms with Crippen LogP contribution in [0.2, 0.25) is 0 Å². The first-order valence-electron chi connectivity index (χ1n) is 8.38. The van der Waals surface area contributed by atoms with Crippen molar-refractivity contribution in [1.82, 2.24) is 10.2 Å². The fourth-order valence-electron chi connectivity index (χ4n) is 2.56. The van der Waals surface area contributed by atoms with Gasteiger partial charge in [0.05, 0.1) is 0 Å². The predicted octanol–water partition coefficient (Wildman–Crippen LogP) is 3.09. The van der Waals surface area contributed by atoms with Crippen molar-refractivity contribution in [3.05, 3.63) is 30.3 Å². The number of urea groups is 1. The molecule has 1 aliphatic rings. The molecule has 1 aromatic carbocycles. The molecule has 3 amide bonds. The average molecular weight is 317 g/mol. The number of para-hydroxylation sites is 1. The van der Waals surface area contributed by atoms with Crippen molar-refractivity contribution in [2.24, 2.45) is 11.8 Å². The number of carbonyl (C=O) groups excluding carboxylic acids is 2. The Bertz CT molecular complexity index is 522. The summed E-state index contributed by atoms with van der Waals surface area (Å²) in [4.78, 5) is 26.3. The highest BCUT2D eigenvalue weighted by molar-refractivity contribution is 5.92. The quantitative estimate of drug-likeness (QED) is 0.896. The van der Waals surface area contributed by atoms with Gasteiger partial charge < -0.3 is 15.5 Å². The molecule has 0 bridgehead atoms. The molecular formula is C18H27N3O2. The number of nitrogens with one attached hydrogen (secondary N) is 2. The van der Waals surface area contributed by atoms with Crippen molar-refractivity contribution in [3.8, 4) is 0 Å². The molecule has 0 aliphatic carbocycles. The molecule has 5 heteroatoms. The fraction of sp³-hybridized carbons (Fsp3) is 0.556. The van der Waals surface area contributed by atoms with Crippen LogP contribution in [0.5, 0.6) is 0 Å². The lowest BCUT2D eigenvalue weighted by molar-refractivity contribution is -0.121. The second-order valence-electron chi connectivity index (χ2n) is 6.60. The van der Waals surface area contributed by atoms with Gasteiger partial charge in [-0.1, -0.05) is 32.0 Å². The minimum absolute atomic E-state index is 0.0203. The summed E-state index contributed by atoms with van der Waals surface area (Å²) in [6, 6.07) is 9.62. The maximum absolute atomic E-state index is 12.3. The van der Waals surface area contributed by atoms with E-state index in [-0.39, 0.29) is 23.9 Å². The van der Waals surface area contributed by atoms with Gasteiger partial charge in [-0.15, -0.1) is 0 Å². The number of hydrogen-bond donors (Lipinski definition) is 2. The van der Waals surface area contributed by atoms with Crippen LogP contribution in [0.15, 0.2) is 30.3 Å². The summed E-state index contributed by atoms with van der Waals surface area (Å²) in [5.41, 5.74) is 0.823. The third kappa shape index (κ3) is 4.98. The Labute approximate surface area is 138 Å². The number of likely N-dealkylation sites (tertiary alicyclic amines) is 1. The molecule has 2 rings (SSSR count). The minimum Gasteiger partial charge on any atom is -0.335 e. The van der Waals surface area contributed by atoms with Crippen molar-refractivity contribution in [1.29, 1.82) is 0 Å². The van der Waals surface area contributed by atoms with Crippen LogP contribution in [0.3, 0.4) is 0 Å². The number of hydrogen-bond acceptors (Lipinski definition) is 2. The van der Waals surface area contributed by atoms with Crippen molar-refractivity contribution in [2.75, 3.05) is 18.4 Å². The molecule has 1 fully saturated rings. The van der Waals surface area contributed by atoms with Crippen LogP contribution in [0, 0.1) is 11.8 Å². The number of carbonyl (C=O) groups is 2. The Balaban J connectivity index is 1.79. The van der Waals surface area contributed by atoms with Gasteiger partial charge in [0, 0.05) is 30.7 Å². The predicted molar refractivity (Wildman–Crippen MR) is 92.2 cm³/mol. The van der Waals surface area contributed by atoms with E-state index < -0.39 is 0 Å². The Hall–Kier alpha value is -2.04. The molecule has 1 saturated heterocycles. The summed E-state index contributed by atoms with van der Waals surface area (Å²) in [6.07, 6.45) is 1.42. The zero-order chi connectivity index (χ0) is 16.8. The second-order valence-corrected chi connectivity index (χ2v) is 6.60. The number of benzene rings is 1. The fourth-order valence-corrected chi connectivity index (χ4v) is 2.56. The first-order valence-corrected chi connectivity index (χ1v) is 8.38. The summed E-state index contributed by atoms with van der Waals surface area (Å²) in [6.45, 7) is 7.45. The average Bonchev–Trinajstić information content (AvgIpc) is 2.55. The van der Waals surface area contributed by atoms with Crippen LogP contribution >= 0.6 is 0 Å². The van der Waals surface area contributed by atoms with E-state index in [0.29, 0.717) is 31.8 Å². The maximum Gasteiger partial charge on any atom is 0.317 e. The summed E-state index contributed by atoms with van der Waals surface area (Å²) >= 11 is 0. The molecular weight excluding hydrogens is 290 g/mol. The normalized spacial score (nSPS) is 17.0. The zero-order valence-electron chi connectivity index (χ0n) is 14.2. The molecule has 0 spiro atoms. The summed E-state index contributed by atoms with van der Waals surface area (Å²) < 4.78 is 0. The lowest BCUT2D eigenvalue weighted by Crippen LogP contribution is -2.49. The zero-order valence-corrected chi connectivity index (χ0v) is 14.2. The van der Waals surface area contributed by atoms with E-state index in [9.17, 15) is 9.59 Å². The molecule has 1 heterocycles. The van der Waals surface area contributed by atoms with Crippen molar-refractivity contribution in [2.45, 2.75) is 39.7 Å². The van der Waals surface area contributed by atoms with E-state index in [0.717, 1.165) is 5.69 Å². The monoisotopic (exact) mass is 317 g/mol. The molecule has 5 nitrogen and oxygen atoms in total. The number of rotatable bonds is 4. The molecule has 23 heavy (non-hydrogen) atoms. The Morgan fingerprint density at radius 3 is 2.26 bits per heavy atom. The molecule has 2 N–H and O–H groups in total. The van der Waals surface area contributed by atoms with Crippen LogP contribution in [0.1, 0.15) is 33.6 Å². The highest BCUT2D eigenvalue weighted by atomic mass is 16.2. The molecule has 0 aromatic heterocycles. The van der Waals surface area contributed by atoms with Gasteiger partial charge in [-0.3, -0.25) is 4.79 Å². The third-order valence-electron chi connectivity index (χ3n) is 4.55. The van der Waals surface area contributed by atoms with E-state index >= 15 is 0 Å². The Morgan fingerprint density at radius 2 is 1.70 bits per heavy atom. The summed E-state index contributed by atoms with van der Waals surface area (Å²) in [7, 11) is 0. The van der Waals surface area contributed by atoms with Crippen LogP contribution in [0.25, 0.3) is 0 Å². The maximum atomic E-state index is 12.3. The first-order chi connectivity index (χ1) is 11.0. The van der Waals surface area contributed by atoms with Gasteiger partial charge in [-0.2, -0.15) is 0 Å².